The Morgan fingerprint density at radius 1 is 0.742 bits per heavy atom. The van der Waals surface area contributed by atoms with Gasteiger partial charge in [-0.05, 0) is 35.4 Å². The van der Waals surface area contributed by atoms with Gasteiger partial charge in [-0.1, -0.05) is 47.5 Å². The lowest BCUT2D eigenvalue weighted by molar-refractivity contribution is 0.410. The first-order valence-corrected chi connectivity index (χ1v) is 10.4. The van der Waals surface area contributed by atoms with Crippen LogP contribution in [0.25, 0.3) is 11.0 Å². The third-order valence-electron chi connectivity index (χ3n) is 5.04. The lowest BCUT2D eigenvalue weighted by atomic mass is 10.0. The molecule has 1 aromatic heterocycles. The molecule has 0 aliphatic heterocycles. The van der Waals surface area contributed by atoms with Gasteiger partial charge < -0.3 is 15.2 Å². The number of anilines is 1. The van der Waals surface area contributed by atoms with E-state index in [4.69, 9.17) is 48.4 Å². The van der Waals surface area contributed by atoms with Crippen LogP contribution < -0.4 is 15.2 Å². The number of fused-ring (bicyclic) bond motifs is 1. The van der Waals surface area contributed by atoms with Crippen molar-refractivity contribution in [2.75, 3.05) is 20.0 Å². The van der Waals surface area contributed by atoms with E-state index in [0.29, 0.717) is 51.1 Å². The minimum atomic E-state index is 0.448. The molecule has 3 aromatic carbocycles. The smallest absolute Gasteiger partial charge is 0.169 e. The molecule has 0 radical (unpaired) electrons. The molecule has 0 saturated carbocycles. The molecule has 0 atom stereocenters. The largest absolute Gasteiger partial charge is 0.494 e. The monoisotopic (exact) mass is 453 g/mol. The van der Waals surface area contributed by atoms with Gasteiger partial charge in [0.05, 0.1) is 31.3 Å². The molecule has 4 aromatic rings. The van der Waals surface area contributed by atoms with Gasteiger partial charge in [0.1, 0.15) is 16.8 Å². The van der Waals surface area contributed by atoms with Crippen molar-refractivity contribution in [3.8, 4) is 11.5 Å². The van der Waals surface area contributed by atoms with Crippen LogP contribution in [0.15, 0.2) is 54.6 Å². The van der Waals surface area contributed by atoms with E-state index in [1.54, 1.807) is 20.3 Å². The maximum absolute atomic E-state index is 6.17. The first-order chi connectivity index (χ1) is 15.0. The Bertz CT molecular complexity index is 1230. The number of aromatic nitrogens is 2. The van der Waals surface area contributed by atoms with Crippen molar-refractivity contribution in [1.29, 1.82) is 0 Å². The molecule has 0 bridgehead atoms. The average molecular weight is 454 g/mol. The number of nitrogens with zero attached hydrogens (tertiary/aromatic N) is 2. The Hall–Kier alpha value is -3.02. The van der Waals surface area contributed by atoms with Gasteiger partial charge in [0, 0.05) is 29.0 Å². The Morgan fingerprint density at radius 2 is 1.23 bits per heavy atom. The van der Waals surface area contributed by atoms with E-state index in [-0.39, 0.29) is 0 Å². The molecule has 0 spiro atoms. The number of rotatable bonds is 6. The molecule has 158 valence electrons. The van der Waals surface area contributed by atoms with Crippen molar-refractivity contribution in [3.05, 3.63) is 87.2 Å². The van der Waals surface area contributed by atoms with Crippen LogP contribution in [-0.2, 0) is 12.8 Å². The molecular weight excluding hydrogens is 433 g/mol. The van der Waals surface area contributed by atoms with Crippen LogP contribution in [0.2, 0.25) is 10.0 Å². The predicted molar refractivity (Wildman–Crippen MR) is 126 cm³/mol. The van der Waals surface area contributed by atoms with Crippen molar-refractivity contribution in [2.24, 2.45) is 0 Å². The summed E-state index contributed by atoms with van der Waals surface area (Å²) in [4.78, 5) is 9.89. The number of nitrogen functional groups attached to an aromatic ring is 1. The fourth-order valence-corrected chi connectivity index (χ4v) is 3.74. The highest BCUT2D eigenvalue weighted by atomic mass is 35.5. The van der Waals surface area contributed by atoms with E-state index in [9.17, 15) is 0 Å². The van der Waals surface area contributed by atoms with E-state index >= 15 is 0 Å². The molecule has 31 heavy (non-hydrogen) atoms. The second kappa shape index (κ2) is 9.00. The summed E-state index contributed by atoms with van der Waals surface area (Å²) < 4.78 is 11.1. The van der Waals surface area contributed by atoms with Gasteiger partial charge in [-0.25, -0.2) is 9.97 Å². The van der Waals surface area contributed by atoms with Gasteiger partial charge in [0.15, 0.2) is 5.75 Å². The van der Waals surface area contributed by atoms with Crippen molar-refractivity contribution in [2.45, 2.75) is 12.8 Å². The zero-order chi connectivity index (χ0) is 22.0. The zero-order valence-corrected chi connectivity index (χ0v) is 18.7. The fraction of sp³-hybridized carbons (Fsp3) is 0.167. The molecule has 0 fully saturated rings. The van der Waals surface area contributed by atoms with Gasteiger partial charge in [-0.15, -0.1) is 0 Å². The minimum absolute atomic E-state index is 0.448. The van der Waals surface area contributed by atoms with Gasteiger partial charge in [0.2, 0.25) is 0 Å². The molecule has 1 heterocycles. The van der Waals surface area contributed by atoms with Crippen molar-refractivity contribution >= 4 is 39.9 Å². The normalized spacial score (nSPS) is 11.0. The van der Waals surface area contributed by atoms with E-state index < -0.39 is 0 Å². The highest BCUT2D eigenvalue weighted by molar-refractivity contribution is 6.30. The summed E-state index contributed by atoms with van der Waals surface area (Å²) in [7, 11) is 3.16. The van der Waals surface area contributed by atoms with Gasteiger partial charge in [-0.3, -0.25) is 0 Å². The van der Waals surface area contributed by atoms with Crippen molar-refractivity contribution in [3.63, 3.8) is 0 Å². The Morgan fingerprint density at radius 3 is 1.68 bits per heavy atom. The summed E-state index contributed by atoms with van der Waals surface area (Å²) in [6, 6.07) is 17.1. The Balaban J connectivity index is 1.89. The molecular formula is C24H21Cl2N3O2. The summed E-state index contributed by atoms with van der Waals surface area (Å²) in [5.74, 6) is 1.04. The van der Waals surface area contributed by atoms with E-state index in [0.717, 1.165) is 22.5 Å². The van der Waals surface area contributed by atoms with E-state index in [1.807, 2.05) is 48.5 Å². The molecule has 0 saturated heterocycles. The third kappa shape index (κ3) is 4.53. The maximum atomic E-state index is 6.17. The summed E-state index contributed by atoms with van der Waals surface area (Å²) in [5.41, 5.74) is 11.6. The third-order valence-corrected chi connectivity index (χ3v) is 5.55. The fourth-order valence-electron chi connectivity index (χ4n) is 3.49. The van der Waals surface area contributed by atoms with Crippen LogP contribution in [0, 0.1) is 0 Å². The number of halogens is 2. The maximum Gasteiger partial charge on any atom is 0.169 e. The van der Waals surface area contributed by atoms with E-state index in [2.05, 4.69) is 0 Å². The van der Waals surface area contributed by atoms with Crippen LogP contribution in [0.3, 0.4) is 0 Å². The molecule has 0 unspecified atom stereocenters. The number of ether oxygens (including phenoxy) is 2. The second-order valence-corrected chi connectivity index (χ2v) is 7.99. The van der Waals surface area contributed by atoms with Crippen LogP contribution in [0.5, 0.6) is 11.5 Å². The number of benzene rings is 3. The number of nitrogens with two attached hydrogens (primary N) is 1. The van der Waals surface area contributed by atoms with Crippen LogP contribution in [0.1, 0.15) is 22.5 Å². The second-order valence-electron chi connectivity index (χ2n) is 7.12. The number of methoxy groups -OCH3 is 2. The summed E-state index contributed by atoms with van der Waals surface area (Å²) >= 11 is 12.1. The van der Waals surface area contributed by atoms with Crippen LogP contribution >= 0.6 is 23.2 Å². The SMILES string of the molecule is COc1cc(N)c(OC)c2nc(Cc3ccc(Cl)cc3)c(Cc3ccc(Cl)cc3)nc12. The number of hydrogen-bond acceptors (Lipinski definition) is 5. The van der Waals surface area contributed by atoms with Crippen LogP contribution in [-0.4, -0.2) is 24.2 Å². The minimum Gasteiger partial charge on any atom is -0.494 e. The summed E-state index contributed by atoms with van der Waals surface area (Å²) in [5, 5.41) is 1.38. The zero-order valence-electron chi connectivity index (χ0n) is 17.2. The quantitative estimate of drug-likeness (QED) is 0.378. The highest BCUT2D eigenvalue weighted by Gasteiger charge is 2.19. The summed E-state index contributed by atoms with van der Waals surface area (Å²) in [6.07, 6.45) is 1.18. The molecule has 4 rings (SSSR count). The molecule has 2 N–H and O–H groups in total. The lowest BCUT2D eigenvalue weighted by Crippen LogP contribution is -2.07. The standard InChI is InChI=1S/C24H21Cl2N3O2/c1-30-21-13-18(27)24(31-2)23-22(21)28-19(11-14-3-7-16(25)8-4-14)20(29-23)12-15-5-9-17(26)10-6-15/h3-10,13H,11-12,27H2,1-2H3. The molecule has 7 heteroatoms. The molecule has 0 aliphatic carbocycles. The molecule has 0 aliphatic rings. The van der Waals surface area contributed by atoms with Gasteiger partial charge in [-0.2, -0.15) is 0 Å². The Kier molecular flexibility index (Phi) is 6.16. The Labute approximate surface area is 190 Å². The van der Waals surface area contributed by atoms with Gasteiger partial charge >= 0.3 is 0 Å². The van der Waals surface area contributed by atoms with Crippen molar-refractivity contribution < 1.29 is 9.47 Å². The van der Waals surface area contributed by atoms with E-state index in [1.165, 1.54) is 0 Å². The molecule has 5 nitrogen and oxygen atoms in total. The predicted octanol–water partition coefficient (Wildman–Crippen LogP) is 5.72. The number of hydrogen-bond donors (Lipinski definition) is 1. The average Bonchev–Trinajstić information content (AvgIpc) is 2.77. The van der Waals surface area contributed by atoms with Gasteiger partial charge in [0.25, 0.3) is 0 Å². The van der Waals surface area contributed by atoms with Crippen LogP contribution in [0.4, 0.5) is 5.69 Å². The first kappa shape index (κ1) is 21.2. The topological polar surface area (TPSA) is 70.3 Å². The highest BCUT2D eigenvalue weighted by Crippen LogP contribution is 2.37. The lowest BCUT2D eigenvalue weighted by Gasteiger charge is -2.15. The van der Waals surface area contributed by atoms with Crippen molar-refractivity contribution in [1.82, 2.24) is 9.97 Å². The summed E-state index contributed by atoms with van der Waals surface area (Å²) in [6.45, 7) is 0. The molecule has 0 amide bonds. The first-order valence-electron chi connectivity index (χ1n) is 9.67.